The van der Waals surface area contributed by atoms with Gasteiger partial charge in [-0.3, -0.25) is 9.59 Å². The highest BCUT2D eigenvalue weighted by atomic mass is 16.3. The molecule has 26 heavy (non-hydrogen) atoms. The number of nitrogens with one attached hydrogen (secondary N) is 2. The standard InChI is InChI=1S/C21H22N2O3/c1-3-7-18(24)23-19-16-8-5-6-9-17(16)26-20(19)21(25)22-15-12-10-14(4-2)11-13-15/h5-6,8-13H,3-4,7H2,1-2H3,(H,22,25)(H,23,24). The first-order valence-electron chi connectivity index (χ1n) is 8.84. The number of rotatable bonds is 6. The lowest BCUT2D eigenvalue weighted by Crippen LogP contribution is -2.16. The van der Waals surface area contributed by atoms with Gasteiger partial charge in [-0.05, 0) is 42.7 Å². The van der Waals surface area contributed by atoms with E-state index in [1.165, 1.54) is 5.56 Å². The van der Waals surface area contributed by atoms with E-state index in [2.05, 4.69) is 17.6 Å². The number of hydrogen-bond donors (Lipinski definition) is 2. The maximum absolute atomic E-state index is 12.7. The monoisotopic (exact) mass is 350 g/mol. The van der Waals surface area contributed by atoms with Gasteiger partial charge in [-0.25, -0.2) is 0 Å². The summed E-state index contributed by atoms with van der Waals surface area (Å²) in [4.78, 5) is 24.8. The molecular weight excluding hydrogens is 328 g/mol. The highest BCUT2D eigenvalue weighted by Gasteiger charge is 2.22. The van der Waals surface area contributed by atoms with Gasteiger partial charge in [0.1, 0.15) is 11.3 Å². The van der Waals surface area contributed by atoms with E-state index >= 15 is 0 Å². The van der Waals surface area contributed by atoms with Crippen LogP contribution in [0.4, 0.5) is 11.4 Å². The second-order valence-electron chi connectivity index (χ2n) is 6.11. The number of carbonyl (C=O) groups excluding carboxylic acids is 2. The van der Waals surface area contributed by atoms with E-state index in [9.17, 15) is 9.59 Å². The number of carbonyl (C=O) groups is 2. The Balaban J connectivity index is 1.91. The van der Waals surface area contributed by atoms with E-state index in [4.69, 9.17) is 4.42 Å². The van der Waals surface area contributed by atoms with Crippen LogP contribution in [0.3, 0.4) is 0 Å². The molecule has 0 radical (unpaired) electrons. The zero-order valence-electron chi connectivity index (χ0n) is 15.0. The molecule has 0 bridgehead atoms. The molecule has 1 aromatic heterocycles. The van der Waals surface area contributed by atoms with Crippen molar-refractivity contribution in [1.82, 2.24) is 0 Å². The number of aryl methyl sites for hydroxylation is 1. The molecule has 0 saturated heterocycles. The van der Waals surface area contributed by atoms with E-state index in [-0.39, 0.29) is 11.7 Å². The summed E-state index contributed by atoms with van der Waals surface area (Å²) in [6.07, 6.45) is 2.05. The predicted molar refractivity (Wildman–Crippen MR) is 104 cm³/mol. The van der Waals surface area contributed by atoms with Crippen molar-refractivity contribution in [3.8, 4) is 0 Å². The summed E-state index contributed by atoms with van der Waals surface area (Å²) in [6.45, 7) is 4.01. The molecule has 5 heteroatoms. The molecule has 0 spiro atoms. The second kappa shape index (κ2) is 7.87. The number of benzene rings is 2. The number of amides is 2. The number of anilines is 2. The molecule has 1 heterocycles. The van der Waals surface area contributed by atoms with Crippen LogP contribution in [-0.4, -0.2) is 11.8 Å². The number of furan rings is 1. The summed E-state index contributed by atoms with van der Waals surface area (Å²) in [5.41, 5.74) is 2.85. The lowest BCUT2D eigenvalue weighted by atomic mass is 10.1. The highest BCUT2D eigenvalue weighted by molar-refractivity contribution is 6.14. The van der Waals surface area contributed by atoms with Crippen LogP contribution in [0.25, 0.3) is 11.0 Å². The molecule has 2 N–H and O–H groups in total. The predicted octanol–water partition coefficient (Wildman–Crippen LogP) is 4.99. The van der Waals surface area contributed by atoms with Crippen molar-refractivity contribution >= 4 is 34.2 Å². The van der Waals surface area contributed by atoms with Gasteiger partial charge in [0, 0.05) is 17.5 Å². The molecule has 2 amide bonds. The molecular formula is C21H22N2O3. The van der Waals surface area contributed by atoms with E-state index in [1.807, 2.05) is 49.4 Å². The Bertz CT molecular complexity index is 926. The maximum atomic E-state index is 12.7. The molecule has 0 aliphatic rings. The molecule has 134 valence electrons. The minimum Gasteiger partial charge on any atom is -0.449 e. The lowest BCUT2D eigenvalue weighted by molar-refractivity contribution is -0.116. The molecule has 0 atom stereocenters. The average Bonchev–Trinajstić information content (AvgIpc) is 3.01. The molecule has 0 unspecified atom stereocenters. The summed E-state index contributed by atoms with van der Waals surface area (Å²) in [6, 6.07) is 14.9. The van der Waals surface area contributed by atoms with E-state index < -0.39 is 5.91 Å². The Morgan fingerprint density at radius 2 is 1.69 bits per heavy atom. The summed E-state index contributed by atoms with van der Waals surface area (Å²) >= 11 is 0. The van der Waals surface area contributed by atoms with Crippen molar-refractivity contribution in [3.05, 3.63) is 59.9 Å². The van der Waals surface area contributed by atoms with Crippen LogP contribution in [0.1, 0.15) is 42.8 Å². The third-order valence-corrected chi connectivity index (χ3v) is 4.16. The molecule has 0 aliphatic carbocycles. The van der Waals surface area contributed by atoms with Gasteiger partial charge in [0.05, 0.1) is 0 Å². The number of fused-ring (bicyclic) bond motifs is 1. The van der Waals surface area contributed by atoms with Crippen molar-refractivity contribution in [3.63, 3.8) is 0 Å². The van der Waals surface area contributed by atoms with E-state index in [1.54, 1.807) is 6.07 Å². The Labute approximate surface area is 152 Å². The fraction of sp³-hybridized carbons (Fsp3) is 0.238. The van der Waals surface area contributed by atoms with Gasteiger partial charge in [-0.1, -0.05) is 38.1 Å². The summed E-state index contributed by atoms with van der Waals surface area (Å²) in [5.74, 6) is -0.423. The van der Waals surface area contributed by atoms with Crippen LogP contribution in [0, 0.1) is 0 Å². The van der Waals surface area contributed by atoms with Crippen molar-refractivity contribution < 1.29 is 14.0 Å². The van der Waals surface area contributed by atoms with Gasteiger partial charge in [-0.2, -0.15) is 0 Å². The Kier molecular flexibility index (Phi) is 5.37. The van der Waals surface area contributed by atoms with Crippen molar-refractivity contribution in [2.24, 2.45) is 0 Å². The Hall–Kier alpha value is -3.08. The molecule has 0 aliphatic heterocycles. The SMILES string of the molecule is CCCC(=O)Nc1c(C(=O)Nc2ccc(CC)cc2)oc2ccccc12. The summed E-state index contributed by atoms with van der Waals surface area (Å²) < 4.78 is 5.73. The van der Waals surface area contributed by atoms with Gasteiger partial charge < -0.3 is 15.1 Å². The fourth-order valence-electron chi connectivity index (χ4n) is 2.77. The van der Waals surface area contributed by atoms with Crippen LogP contribution in [0.15, 0.2) is 52.9 Å². The molecule has 3 rings (SSSR count). The first-order chi connectivity index (χ1) is 12.6. The van der Waals surface area contributed by atoms with Gasteiger partial charge in [0.25, 0.3) is 5.91 Å². The molecule has 0 fully saturated rings. The van der Waals surface area contributed by atoms with Crippen LogP contribution in [0.2, 0.25) is 0 Å². The largest absolute Gasteiger partial charge is 0.449 e. The zero-order chi connectivity index (χ0) is 18.5. The first kappa shape index (κ1) is 17.7. The summed E-state index contributed by atoms with van der Waals surface area (Å²) in [7, 11) is 0. The number of hydrogen-bond acceptors (Lipinski definition) is 3. The first-order valence-corrected chi connectivity index (χ1v) is 8.84. The normalized spacial score (nSPS) is 10.7. The third kappa shape index (κ3) is 3.77. The second-order valence-corrected chi connectivity index (χ2v) is 6.11. The van der Waals surface area contributed by atoms with Gasteiger partial charge in [-0.15, -0.1) is 0 Å². The molecule has 0 saturated carbocycles. The van der Waals surface area contributed by atoms with Crippen LogP contribution < -0.4 is 10.6 Å². The maximum Gasteiger partial charge on any atom is 0.293 e. The summed E-state index contributed by atoms with van der Waals surface area (Å²) in [5, 5.41) is 6.37. The number of para-hydroxylation sites is 1. The van der Waals surface area contributed by atoms with E-state index in [0.717, 1.165) is 12.8 Å². The van der Waals surface area contributed by atoms with Crippen LogP contribution in [-0.2, 0) is 11.2 Å². The van der Waals surface area contributed by atoms with E-state index in [0.29, 0.717) is 28.8 Å². The van der Waals surface area contributed by atoms with Crippen LogP contribution >= 0.6 is 0 Å². The van der Waals surface area contributed by atoms with Crippen molar-refractivity contribution in [1.29, 1.82) is 0 Å². The van der Waals surface area contributed by atoms with Gasteiger partial charge in [0.15, 0.2) is 0 Å². The minimum absolute atomic E-state index is 0.107. The quantitative estimate of drug-likeness (QED) is 0.658. The topological polar surface area (TPSA) is 71.3 Å². The van der Waals surface area contributed by atoms with Crippen molar-refractivity contribution in [2.75, 3.05) is 10.6 Å². The fourth-order valence-corrected chi connectivity index (χ4v) is 2.77. The van der Waals surface area contributed by atoms with Gasteiger partial charge in [0.2, 0.25) is 11.7 Å². The highest BCUT2D eigenvalue weighted by Crippen LogP contribution is 2.31. The smallest absolute Gasteiger partial charge is 0.293 e. The third-order valence-electron chi connectivity index (χ3n) is 4.16. The minimum atomic E-state index is -0.391. The van der Waals surface area contributed by atoms with Crippen molar-refractivity contribution in [2.45, 2.75) is 33.1 Å². The average molecular weight is 350 g/mol. The lowest BCUT2D eigenvalue weighted by Gasteiger charge is -2.07. The molecule has 2 aromatic carbocycles. The molecule has 5 nitrogen and oxygen atoms in total. The van der Waals surface area contributed by atoms with Crippen LogP contribution in [0.5, 0.6) is 0 Å². The zero-order valence-corrected chi connectivity index (χ0v) is 15.0. The van der Waals surface area contributed by atoms with Gasteiger partial charge >= 0.3 is 0 Å². The Morgan fingerprint density at radius 3 is 2.38 bits per heavy atom. The Morgan fingerprint density at radius 1 is 0.962 bits per heavy atom. The molecule has 3 aromatic rings.